The summed E-state index contributed by atoms with van der Waals surface area (Å²) in [7, 11) is 0. The lowest BCUT2D eigenvalue weighted by molar-refractivity contribution is -0.127. The van der Waals surface area contributed by atoms with E-state index >= 15 is 0 Å². The average molecular weight is 382 g/mol. The summed E-state index contributed by atoms with van der Waals surface area (Å²) in [5.74, 6) is 2.76. The van der Waals surface area contributed by atoms with Crippen LogP contribution in [0.5, 0.6) is 0 Å². The molecule has 27 heavy (non-hydrogen) atoms. The Labute approximate surface area is 162 Å². The molecule has 0 N–H and O–H groups in total. The van der Waals surface area contributed by atoms with E-state index in [9.17, 15) is 4.79 Å². The van der Waals surface area contributed by atoms with Crippen molar-refractivity contribution in [1.82, 2.24) is 19.7 Å². The third kappa shape index (κ3) is 3.93. The molecule has 0 aliphatic carbocycles. The first-order valence-electron chi connectivity index (χ1n) is 9.14. The number of carbonyl (C=O) groups is 1. The number of likely N-dealkylation sites (tertiary alicyclic amines) is 1. The molecule has 0 saturated carbocycles. The predicted molar refractivity (Wildman–Crippen MR) is 105 cm³/mol. The highest BCUT2D eigenvalue weighted by atomic mass is 32.2. The maximum Gasteiger partial charge on any atom is 0.222 e. The highest BCUT2D eigenvalue weighted by Crippen LogP contribution is 2.27. The van der Waals surface area contributed by atoms with Crippen LogP contribution < -0.4 is 0 Å². The van der Waals surface area contributed by atoms with Crippen LogP contribution >= 0.6 is 11.8 Å². The number of hydrogen-bond acceptors (Lipinski definition) is 5. The van der Waals surface area contributed by atoms with Crippen LogP contribution in [0.4, 0.5) is 0 Å². The zero-order valence-electron chi connectivity index (χ0n) is 15.3. The van der Waals surface area contributed by atoms with Crippen LogP contribution in [0.25, 0.3) is 11.4 Å². The summed E-state index contributed by atoms with van der Waals surface area (Å²) in [5.41, 5.74) is 2.22. The van der Waals surface area contributed by atoms with Crippen LogP contribution in [-0.2, 0) is 11.3 Å². The molecular formula is C20H22N4O2S. The van der Waals surface area contributed by atoms with Gasteiger partial charge in [-0.3, -0.25) is 9.36 Å². The quantitative estimate of drug-likeness (QED) is 0.584. The molecule has 0 unspecified atom stereocenters. The summed E-state index contributed by atoms with van der Waals surface area (Å²) in [6.45, 7) is 4.27. The van der Waals surface area contributed by atoms with Gasteiger partial charge in [0.1, 0.15) is 5.76 Å². The van der Waals surface area contributed by atoms with Crippen molar-refractivity contribution in [3.8, 4) is 11.4 Å². The molecule has 7 heteroatoms. The molecule has 1 aliphatic rings. The minimum atomic E-state index is 0.258. The Bertz CT molecular complexity index is 920. The van der Waals surface area contributed by atoms with Crippen molar-refractivity contribution in [2.75, 3.05) is 18.8 Å². The fraction of sp³-hybridized carbons (Fsp3) is 0.350. The standard InChI is InChI=1S/C20H22N4O2S/c1-15-6-2-3-8-17(15)19-21-22-20(24(19)14-16-7-5-12-26-16)27-13-11-23-10-4-9-18(23)25/h2-3,5-8,12H,4,9-11,13-14H2,1H3. The Balaban J connectivity index is 1.57. The van der Waals surface area contributed by atoms with Crippen LogP contribution in [0.1, 0.15) is 24.2 Å². The molecule has 140 valence electrons. The first-order valence-corrected chi connectivity index (χ1v) is 10.1. The summed E-state index contributed by atoms with van der Waals surface area (Å²) in [6, 6.07) is 12.0. The molecule has 6 nitrogen and oxygen atoms in total. The number of furan rings is 1. The maximum absolute atomic E-state index is 11.8. The highest BCUT2D eigenvalue weighted by Gasteiger charge is 2.21. The number of aromatic nitrogens is 3. The number of amides is 1. The molecule has 3 heterocycles. The first kappa shape index (κ1) is 17.9. The van der Waals surface area contributed by atoms with Gasteiger partial charge < -0.3 is 9.32 Å². The molecule has 0 radical (unpaired) electrons. The molecule has 0 spiro atoms. The summed E-state index contributed by atoms with van der Waals surface area (Å²) >= 11 is 1.63. The van der Waals surface area contributed by atoms with E-state index in [4.69, 9.17) is 4.42 Å². The average Bonchev–Trinajstić information content (AvgIpc) is 3.40. The smallest absolute Gasteiger partial charge is 0.222 e. The fourth-order valence-electron chi connectivity index (χ4n) is 3.31. The van der Waals surface area contributed by atoms with Crippen LogP contribution in [0.15, 0.2) is 52.2 Å². The number of thioether (sulfide) groups is 1. The van der Waals surface area contributed by atoms with Crippen molar-refractivity contribution < 1.29 is 9.21 Å². The lowest BCUT2D eigenvalue weighted by atomic mass is 10.1. The Morgan fingerprint density at radius 2 is 2.07 bits per heavy atom. The van der Waals surface area contributed by atoms with Gasteiger partial charge in [0.25, 0.3) is 0 Å². The second-order valence-corrected chi connectivity index (χ2v) is 7.68. The van der Waals surface area contributed by atoms with Gasteiger partial charge in [0.15, 0.2) is 11.0 Å². The molecule has 0 bridgehead atoms. The Hall–Kier alpha value is -2.54. The third-order valence-electron chi connectivity index (χ3n) is 4.76. The molecular weight excluding hydrogens is 360 g/mol. The van der Waals surface area contributed by atoms with E-state index in [-0.39, 0.29) is 5.91 Å². The topological polar surface area (TPSA) is 64.2 Å². The number of benzene rings is 1. The third-order valence-corrected chi connectivity index (χ3v) is 5.71. The van der Waals surface area contributed by atoms with Gasteiger partial charge in [0.2, 0.25) is 5.91 Å². The summed E-state index contributed by atoms with van der Waals surface area (Å²) < 4.78 is 7.64. The van der Waals surface area contributed by atoms with E-state index in [0.29, 0.717) is 13.0 Å². The van der Waals surface area contributed by atoms with Gasteiger partial charge in [0.05, 0.1) is 12.8 Å². The van der Waals surface area contributed by atoms with Crippen LogP contribution in [0.2, 0.25) is 0 Å². The van der Waals surface area contributed by atoms with Crippen LogP contribution in [0.3, 0.4) is 0 Å². The van der Waals surface area contributed by atoms with E-state index in [0.717, 1.165) is 53.1 Å². The van der Waals surface area contributed by atoms with Crippen molar-refractivity contribution >= 4 is 17.7 Å². The van der Waals surface area contributed by atoms with Crippen molar-refractivity contribution in [1.29, 1.82) is 0 Å². The monoisotopic (exact) mass is 382 g/mol. The fourth-order valence-corrected chi connectivity index (χ4v) is 4.21. The SMILES string of the molecule is Cc1ccccc1-c1nnc(SCCN2CCCC2=O)n1Cc1ccco1. The van der Waals surface area contributed by atoms with Gasteiger partial charge in [0, 0.05) is 30.8 Å². The molecule has 1 amide bonds. The highest BCUT2D eigenvalue weighted by molar-refractivity contribution is 7.99. The summed E-state index contributed by atoms with van der Waals surface area (Å²) in [6.07, 6.45) is 3.32. The van der Waals surface area contributed by atoms with Gasteiger partial charge >= 0.3 is 0 Å². The molecule has 1 aliphatic heterocycles. The van der Waals surface area contributed by atoms with E-state index in [2.05, 4.69) is 33.8 Å². The van der Waals surface area contributed by atoms with Gasteiger partial charge in [-0.2, -0.15) is 0 Å². The van der Waals surface area contributed by atoms with Gasteiger partial charge in [-0.15, -0.1) is 10.2 Å². The molecule has 1 fully saturated rings. The molecule has 1 aromatic carbocycles. The lowest BCUT2D eigenvalue weighted by Crippen LogP contribution is -2.27. The van der Waals surface area contributed by atoms with Crippen molar-refractivity contribution in [3.63, 3.8) is 0 Å². The van der Waals surface area contributed by atoms with Gasteiger partial charge in [-0.05, 0) is 31.0 Å². The Kier molecular flexibility index (Phi) is 5.29. The van der Waals surface area contributed by atoms with Crippen LogP contribution in [0, 0.1) is 6.92 Å². The number of hydrogen-bond donors (Lipinski definition) is 0. The second kappa shape index (κ2) is 8.00. The molecule has 3 aromatic rings. The summed E-state index contributed by atoms with van der Waals surface area (Å²) in [4.78, 5) is 13.7. The number of aryl methyl sites for hydroxylation is 1. The van der Waals surface area contributed by atoms with Crippen molar-refractivity contribution in [3.05, 3.63) is 54.0 Å². The Morgan fingerprint density at radius 1 is 1.19 bits per heavy atom. The van der Waals surface area contributed by atoms with Crippen molar-refractivity contribution in [2.24, 2.45) is 0 Å². The molecule has 0 atom stereocenters. The van der Waals surface area contributed by atoms with E-state index < -0.39 is 0 Å². The van der Waals surface area contributed by atoms with Crippen LogP contribution in [-0.4, -0.2) is 44.4 Å². The predicted octanol–water partition coefficient (Wildman–Crippen LogP) is 3.61. The zero-order chi connectivity index (χ0) is 18.6. The molecule has 4 rings (SSSR count). The largest absolute Gasteiger partial charge is 0.467 e. The van der Waals surface area contributed by atoms with Crippen molar-refractivity contribution in [2.45, 2.75) is 31.5 Å². The maximum atomic E-state index is 11.8. The number of nitrogens with zero attached hydrogens (tertiary/aromatic N) is 4. The van der Waals surface area contributed by atoms with E-state index in [1.165, 1.54) is 0 Å². The zero-order valence-corrected chi connectivity index (χ0v) is 16.1. The molecule has 2 aromatic heterocycles. The minimum Gasteiger partial charge on any atom is -0.467 e. The lowest BCUT2D eigenvalue weighted by Gasteiger charge is -2.15. The summed E-state index contributed by atoms with van der Waals surface area (Å²) in [5, 5.41) is 9.73. The number of carbonyl (C=O) groups excluding carboxylic acids is 1. The normalized spacial score (nSPS) is 14.3. The van der Waals surface area contributed by atoms with E-state index in [1.807, 2.05) is 29.2 Å². The minimum absolute atomic E-state index is 0.258. The van der Waals surface area contributed by atoms with Gasteiger partial charge in [-0.1, -0.05) is 36.0 Å². The van der Waals surface area contributed by atoms with Gasteiger partial charge in [-0.25, -0.2) is 0 Å². The first-order chi connectivity index (χ1) is 13.2. The van der Waals surface area contributed by atoms with E-state index in [1.54, 1.807) is 18.0 Å². The molecule has 1 saturated heterocycles. The second-order valence-electron chi connectivity index (χ2n) is 6.62. The Morgan fingerprint density at radius 3 is 2.81 bits per heavy atom. The number of rotatable bonds is 7.